The summed E-state index contributed by atoms with van der Waals surface area (Å²) in [5.41, 5.74) is 0.746. The molecule has 9 nitrogen and oxygen atoms in total. The highest BCUT2D eigenvalue weighted by atomic mass is 35.5. The minimum absolute atomic E-state index is 0.0517. The molecule has 1 aliphatic carbocycles. The molecule has 3 N–H and O–H groups in total. The molecule has 2 aromatic carbocycles. The molecule has 2 aliphatic rings. The van der Waals surface area contributed by atoms with Crippen molar-refractivity contribution in [2.45, 2.75) is 52.1 Å². The van der Waals surface area contributed by atoms with Gasteiger partial charge in [-0.05, 0) is 68.0 Å². The van der Waals surface area contributed by atoms with E-state index in [0.717, 1.165) is 5.56 Å². The number of aliphatic hydroxyl groups is 1. The quantitative estimate of drug-likeness (QED) is 0.424. The van der Waals surface area contributed by atoms with Crippen molar-refractivity contribution in [3.05, 3.63) is 58.1 Å². The molecular formula is C25H28Cl2N4O5. The van der Waals surface area contributed by atoms with Gasteiger partial charge in [-0.25, -0.2) is 9.79 Å². The van der Waals surface area contributed by atoms with Crippen LogP contribution in [0.3, 0.4) is 0 Å². The summed E-state index contributed by atoms with van der Waals surface area (Å²) in [5.74, 6) is -0.280. The van der Waals surface area contributed by atoms with Crippen molar-refractivity contribution >= 4 is 46.8 Å². The zero-order valence-electron chi connectivity index (χ0n) is 19.9. The maximum atomic E-state index is 13.0. The number of halogens is 2. The number of nitrogens with one attached hydrogen (secondary N) is 1. The van der Waals surface area contributed by atoms with E-state index >= 15 is 0 Å². The van der Waals surface area contributed by atoms with Crippen LogP contribution in [0.4, 0.5) is 10.5 Å². The van der Waals surface area contributed by atoms with Gasteiger partial charge in [0.25, 0.3) is 0 Å². The van der Waals surface area contributed by atoms with Gasteiger partial charge in [0.05, 0.1) is 29.8 Å². The summed E-state index contributed by atoms with van der Waals surface area (Å²) in [6.45, 7) is 4.12. The van der Waals surface area contributed by atoms with Gasteiger partial charge in [-0.3, -0.25) is 19.9 Å². The van der Waals surface area contributed by atoms with Crippen molar-refractivity contribution in [3.8, 4) is 5.75 Å². The summed E-state index contributed by atoms with van der Waals surface area (Å²) in [6, 6.07) is 11.6. The number of aliphatic hydroxyl groups excluding tert-OH is 1. The third-order valence-corrected chi connectivity index (χ3v) is 6.62. The SMILES string of the molecule is CC(C)Oc1ccc(/N=C2\NC(=O)N(CC3(CC(=O)O)CC3)C(O)N2Cc2ccc(Cl)cc2)cc1Cl. The monoisotopic (exact) mass is 534 g/mol. The number of aliphatic carboxylic acids is 1. The predicted octanol–water partition coefficient (Wildman–Crippen LogP) is 4.83. The molecule has 1 atom stereocenters. The maximum absolute atomic E-state index is 13.0. The number of nitrogens with zero attached hydrogens (tertiary/aromatic N) is 3. The molecule has 2 aromatic rings. The number of hydrogen-bond donors (Lipinski definition) is 3. The van der Waals surface area contributed by atoms with Crippen molar-refractivity contribution < 1.29 is 24.5 Å². The highest BCUT2D eigenvalue weighted by Gasteiger charge is 2.49. The largest absolute Gasteiger partial charge is 0.489 e. The Morgan fingerprint density at radius 3 is 2.47 bits per heavy atom. The molecule has 1 saturated carbocycles. The first-order chi connectivity index (χ1) is 17.0. The second-order valence-corrected chi connectivity index (χ2v) is 10.3. The maximum Gasteiger partial charge on any atom is 0.327 e. The Hall–Kier alpha value is -3.01. The smallest absolute Gasteiger partial charge is 0.327 e. The van der Waals surface area contributed by atoms with Gasteiger partial charge in [-0.1, -0.05) is 35.3 Å². The number of rotatable bonds is 9. The fourth-order valence-electron chi connectivity index (χ4n) is 4.09. The number of carbonyl (C=O) groups excluding carboxylic acids is 1. The Morgan fingerprint density at radius 2 is 1.89 bits per heavy atom. The lowest BCUT2D eigenvalue weighted by molar-refractivity contribution is -0.139. The average molecular weight is 535 g/mol. The normalized spacial score (nSPS) is 20.0. The van der Waals surface area contributed by atoms with Crippen LogP contribution in [0, 0.1) is 5.41 Å². The number of carboxylic acid groups (broad SMARTS) is 1. The Morgan fingerprint density at radius 1 is 1.19 bits per heavy atom. The molecule has 0 bridgehead atoms. The van der Waals surface area contributed by atoms with Crippen molar-refractivity contribution in [1.82, 2.24) is 15.1 Å². The summed E-state index contributed by atoms with van der Waals surface area (Å²) in [6.07, 6.45) is -0.123. The van der Waals surface area contributed by atoms with Crippen LogP contribution in [0.25, 0.3) is 0 Å². The van der Waals surface area contributed by atoms with E-state index in [4.69, 9.17) is 27.9 Å². The average Bonchev–Trinajstić information content (AvgIpc) is 3.55. The van der Waals surface area contributed by atoms with Crippen molar-refractivity contribution in [2.24, 2.45) is 10.4 Å². The summed E-state index contributed by atoms with van der Waals surface area (Å²) < 4.78 is 5.67. The van der Waals surface area contributed by atoms with E-state index in [0.29, 0.717) is 34.3 Å². The standard InChI is InChI=1S/C25H28Cl2N4O5/c1-15(2)36-20-8-7-18(11-19(20)27)28-22-29-23(34)31(14-25(9-10-25)12-21(32)33)24(35)30(22)13-16-3-5-17(26)6-4-16/h3-8,11,15,24,35H,9-10,12-14H2,1-2H3,(H,32,33)(H,28,29,34). The predicted molar refractivity (Wildman–Crippen MR) is 136 cm³/mol. The summed E-state index contributed by atoms with van der Waals surface area (Å²) in [7, 11) is 0. The van der Waals surface area contributed by atoms with E-state index in [1.807, 2.05) is 26.0 Å². The van der Waals surface area contributed by atoms with Crippen molar-refractivity contribution in [3.63, 3.8) is 0 Å². The fraction of sp³-hybridized carbons (Fsp3) is 0.400. The Labute approximate surface area is 219 Å². The van der Waals surface area contributed by atoms with Crippen LogP contribution >= 0.6 is 23.2 Å². The number of guanidine groups is 1. The molecule has 2 amide bonds. The van der Waals surface area contributed by atoms with Crippen LogP contribution in [-0.4, -0.2) is 57.0 Å². The summed E-state index contributed by atoms with van der Waals surface area (Å²) in [4.78, 5) is 31.7. The van der Waals surface area contributed by atoms with Crippen LogP contribution in [0.2, 0.25) is 10.0 Å². The van der Waals surface area contributed by atoms with Crippen LogP contribution in [0.5, 0.6) is 5.75 Å². The molecule has 4 rings (SSSR count). The van der Waals surface area contributed by atoms with E-state index < -0.39 is 23.8 Å². The molecule has 1 unspecified atom stereocenters. The Balaban J connectivity index is 1.63. The highest BCUT2D eigenvalue weighted by molar-refractivity contribution is 6.32. The van der Waals surface area contributed by atoms with Gasteiger partial charge >= 0.3 is 12.0 Å². The molecule has 0 radical (unpaired) electrons. The number of hydrogen-bond acceptors (Lipinski definition) is 5. The van der Waals surface area contributed by atoms with Gasteiger partial charge in [0.15, 0.2) is 0 Å². The Bertz CT molecular complexity index is 1170. The van der Waals surface area contributed by atoms with E-state index in [1.165, 1.54) is 9.80 Å². The molecule has 1 heterocycles. The third kappa shape index (κ3) is 6.21. The number of urea groups is 1. The molecule has 0 spiro atoms. The number of ether oxygens (including phenoxy) is 1. The van der Waals surface area contributed by atoms with Gasteiger partial charge < -0.3 is 14.9 Å². The van der Waals surface area contributed by atoms with Crippen molar-refractivity contribution in [2.75, 3.05) is 6.54 Å². The van der Waals surface area contributed by atoms with Gasteiger partial charge in [-0.2, -0.15) is 0 Å². The number of carboxylic acids is 1. The fourth-order valence-corrected chi connectivity index (χ4v) is 4.44. The van der Waals surface area contributed by atoms with Gasteiger partial charge in [0, 0.05) is 11.6 Å². The molecule has 0 aromatic heterocycles. The summed E-state index contributed by atoms with van der Waals surface area (Å²) in [5, 5.41) is 24.2. The number of amides is 2. The van der Waals surface area contributed by atoms with Crippen LogP contribution in [0.1, 0.15) is 38.7 Å². The lowest BCUT2D eigenvalue weighted by Crippen LogP contribution is -2.66. The minimum Gasteiger partial charge on any atom is -0.489 e. The highest BCUT2D eigenvalue weighted by Crippen LogP contribution is 2.49. The lowest BCUT2D eigenvalue weighted by atomic mass is 10.0. The molecule has 11 heteroatoms. The number of benzene rings is 2. The van der Waals surface area contributed by atoms with E-state index in [9.17, 15) is 19.8 Å². The zero-order valence-corrected chi connectivity index (χ0v) is 21.5. The van der Waals surface area contributed by atoms with Gasteiger partial charge in [0.2, 0.25) is 12.3 Å². The number of aliphatic imine (C=N–C) groups is 1. The van der Waals surface area contributed by atoms with Crippen molar-refractivity contribution in [1.29, 1.82) is 0 Å². The Kier molecular flexibility index (Phi) is 7.63. The first-order valence-electron chi connectivity index (χ1n) is 11.6. The van der Waals surface area contributed by atoms with E-state index in [-0.39, 0.29) is 31.6 Å². The van der Waals surface area contributed by atoms with Crippen LogP contribution < -0.4 is 10.1 Å². The van der Waals surface area contributed by atoms with Crippen LogP contribution in [0.15, 0.2) is 47.5 Å². The van der Waals surface area contributed by atoms with Gasteiger partial charge in [-0.15, -0.1) is 0 Å². The zero-order chi connectivity index (χ0) is 26.0. The minimum atomic E-state index is -1.36. The lowest BCUT2D eigenvalue weighted by Gasteiger charge is -2.43. The van der Waals surface area contributed by atoms with E-state index in [1.54, 1.807) is 30.3 Å². The molecular weight excluding hydrogens is 507 g/mol. The molecule has 2 fully saturated rings. The molecule has 192 valence electrons. The summed E-state index contributed by atoms with van der Waals surface area (Å²) >= 11 is 12.4. The second kappa shape index (κ2) is 10.5. The second-order valence-electron chi connectivity index (χ2n) is 9.45. The topological polar surface area (TPSA) is 115 Å². The first-order valence-corrected chi connectivity index (χ1v) is 12.3. The van der Waals surface area contributed by atoms with E-state index in [2.05, 4.69) is 10.3 Å². The first kappa shape index (κ1) is 26.1. The molecule has 36 heavy (non-hydrogen) atoms. The molecule has 1 saturated heterocycles. The third-order valence-electron chi connectivity index (χ3n) is 6.08. The number of carbonyl (C=O) groups is 2. The van der Waals surface area contributed by atoms with Crippen LogP contribution in [-0.2, 0) is 11.3 Å². The molecule has 1 aliphatic heterocycles. The van der Waals surface area contributed by atoms with Gasteiger partial charge in [0.1, 0.15) is 5.75 Å².